The normalized spacial score (nSPS) is 10.3. The fraction of sp³-hybridized carbons (Fsp3) is 0.455. The summed E-state index contributed by atoms with van der Waals surface area (Å²) in [7, 11) is 0. The van der Waals surface area contributed by atoms with E-state index in [1.807, 2.05) is 0 Å². The Morgan fingerprint density at radius 3 is 2.31 bits per heavy atom. The van der Waals surface area contributed by atoms with E-state index in [1.54, 1.807) is 0 Å². The average molecular weight is 179 g/mol. The molecule has 0 radical (unpaired) electrons. The van der Waals surface area contributed by atoms with Crippen LogP contribution in [0.5, 0.6) is 0 Å². The summed E-state index contributed by atoms with van der Waals surface area (Å²) in [6.45, 7) is 4.05. The second kappa shape index (κ2) is 5.73. The molecule has 0 unspecified atom stereocenters. The number of aryl methyl sites for hydroxylation is 1. The van der Waals surface area contributed by atoms with Gasteiger partial charge in [0.2, 0.25) is 0 Å². The van der Waals surface area contributed by atoms with E-state index in [-0.39, 0.29) is 0 Å². The molecule has 0 heterocycles. The van der Waals surface area contributed by atoms with E-state index in [0.717, 1.165) is 6.42 Å². The summed E-state index contributed by atoms with van der Waals surface area (Å²) in [5.41, 5.74) is 7.89. The maximum Gasteiger partial charge on any atom is 0.0717 e. The Balaban J connectivity index is 2.40. The molecule has 13 heavy (non-hydrogen) atoms. The molecule has 0 atom stereocenters. The standard InChI is InChI=1S/C11H17NO/c1-2-10-3-5-11(6-4-10)9-13-8-7-12/h3-6H,2,7-9,12H2,1H3. The third-order valence-corrected chi connectivity index (χ3v) is 1.96. The topological polar surface area (TPSA) is 35.2 Å². The van der Waals surface area contributed by atoms with Crippen LogP contribution in [0.4, 0.5) is 0 Å². The summed E-state index contributed by atoms with van der Waals surface area (Å²) in [6, 6.07) is 8.49. The van der Waals surface area contributed by atoms with Crippen molar-refractivity contribution < 1.29 is 4.74 Å². The highest BCUT2D eigenvalue weighted by Gasteiger charge is 1.92. The van der Waals surface area contributed by atoms with Crippen LogP contribution >= 0.6 is 0 Å². The Hall–Kier alpha value is -0.860. The Morgan fingerprint density at radius 1 is 1.15 bits per heavy atom. The van der Waals surface area contributed by atoms with Crippen LogP contribution < -0.4 is 5.73 Å². The quantitative estimate of drug-likeness (QED) is 0.698. The van der Waals surface area contributed by atoms with Crippen molar-refractivity contribution in [2.75, 3.05) is 13.2 Å². The molecule has 0 spiro atoms. The predicted octanol–water partition coefficient (Wildman–Crippen LogP) is 1.72. The first-order chi connectivity index (χ1) is 6.36. The minimum Gasteiger partial charge on any atom is -0.375 e. The first-order valence-corrected chi connectivity index (χ1v) is 4.72. The summed E-state index contributed by atoms with van der Waals surface area (Å²) in [5, 5.41) is 0. The van der Waals surface area contributed by atoms with Crippen LogP contribution in [0.1, 0.15) is 18.1 Å². The molecule has 0 aliphatic carbocycles. The fourth-order valence-corrected chi connectivity index (χ4v) is 1.14. The number of hydrogen-bond donors (Lipinski definition) is 1. The van der Waals surface area contributed by atoms with E-state index in [2.05, 4.69) is 31.2 Å². The lowest BCUT2D eigenvalue weighted by Gasteiger charge is -2.03. The van der Waals surface area contributed by atoms with Gasteiger partial charge >= 0.3 is 0 Å². The highest BCUT2D eigenvalue weighted by Crippen LogP contribution is 2.05. The Labute approximate surface area is 79.7 Å². The average Bonchev–Trinajstić information content (AvgIpc) is 2.19. The van der Waals surface area contributed by atoms with Gasteiger partial charge in [-0.1, -0.05) is 31.2 Å². The minimum atomic E-state index is 0.590. The lowest BCUT2D eigenvalue weighted by molar-refractivity contribution is 0.128. The van der Waals surface area contributed by atoms with Crippen LogP contribution in [0.2, 0.25) is 0 Å². The second-order valence-corrected chi connectivity index (χ2v) is 3.01. The third-order valence-electron chi connectivity index (χ3n) is 1.96. The van der Waals surface area contributed by atoms with Gasteiger partial charge in [0, 0.05) is 6.54 Å². The number of nitrogens with two attached hydrogens (primary N) is 1. The van der Waals surface area contributed by atoms with Crippen LogP contribution in [0.15, 0.2) is 24.3 Å². The summed E-state index contributed by atoms with van der Waals surface area (Å²) < 4.78 is 5.32. The molecule has 2 heteroatoms. The van der Waals surface area contributed by atoms with E-state index in [0.29, 0.717) is 19.8 Å². The van der Waals surface area contributed by atoms with Gasteiger partial charge in [0.05, 0.1) is 13.2 Å². The Morgan fingerprint density at radius 2 is 1.77 bits per heavy atom. The molecular formula is C11H17NO. The molecule has 0 saturated heterocycles. The summed E-state index contributed by atoms with van der Waals surface area (Å²) >= 11 is 0. The van der Waals surface area contributed by atoms with E-state index < -0.39 is 0 Å². The van der Waals surface area contributed by atoms with E-state index in [9.17, 15) is 0 Å². The summed E-state index contributed by atoms with van der Waals surface area (Å²) in [5.74, 6) is 0. The first kappa shape index (κ1) is 10.2. The molecule has 0 aliphatic rings. The second-order valence-electron chi connectivity index (χ2n) is 3.01. The minimum absolute atomic E-state index is 0.590. The van der Waals surface area contributed by atoms with Gasteiger partial charge in [-0.3, -0.25) is 0 Å². The van der Waals surface area contributed by atoms with Gasteiger partial charge in [-0.15, -0.1) is 0 Å². The zero-order valence-corrected chi connectivity index (χ0v) is 8.12. The van der Waals surface area contributed by atoms with Crippen molar-refractivity contribution in [2.45, 2.75) is 20.0 Å². The monoisotopic (exact) mass is 179 g/mol. The number of rotatable bonds is 5. The Bertz CT molecular complexity index is 230. The van der Waals surface area contributed by atoms with Gasteiger partial charge in [0.25, 0.3) is 0 Å². The van der Waals surface area contributed by atoms with Crippen LogP contribution in [0, 0.1) is 0 Å². The molecule has 0 aliphatic heterocycles. The van der Waals surface area contributed by atoms with Gasteiger partial charge in [0.1, 0.15) is 0 Å². The van der Waals surface area contributed by atoms with Crippen molar-refractivity contribution >= 4 is 0 Å². The number of hydrogen-bond acceptors (Lipinski definition) is 2. The number of benzene rings is 1. The molecule has 2 nitrogen and oxygen atoms in total. The molecule has 0 aromatic heterocycles. The maximum absolute atomic E-state index is 5.32. The van der Waals surface area contributed by atoms with Gasteiger partial charge in [0.15, 0.2) is 0 Å². The molecule has 2 N–H and O–H groups in total. The molecule has 0 amide bonds. The lowest BCUT2D eigenvalue weighted by atomic mass is 10.1. The van der Waals surface area contributed by atoms with E-state index >= 15 is 0 Å². The highest BCUT2D eigenvalue weighted by molar-refractivity contribution is 5.21. The van der Waals surface area contributed by atoms with Gasteiger partial charge in [-0.25, -0.2) is 0 Å². The van der Waals surface area contributed by atoms with Gasteiger partial charge in [-0.05, 0) is 17.5 Å². The molecule has 0 fully saturated rings. The molecule has 1 aromatic carbocycles. The van der Waals surface area contributed by atoms with Gasteiger partial charge in [-0.2, -0.15) is 0 Å². The molecule has 1 aromatic rings. The molecular weight excluding hydrogens is 162 g/mol. The third kappa shape index (κ3) is 3.57. The van der Waals surface area contributed by atoms with Crippen molar-refractivity contribution in [3.8, 4) is 0 Å². The zero-order chi connectivity index (χ0) is 9.52. The maximum atomic E-state index is 5.32. The van der Waals surface area contributed by atoms with Crippen molar-refractivity contribution in [3.63, 3.8) is 0 Å². The smallest absolute Gasteiger partial charge is 0.0717 e. The molecule has 0 saturated carbocycles. The Kier molecular flexibility index (Phi) is 4.50. The van der Waals surface area contributed by atoms with Crippen LogP contribution in [0.25, 0.3) is 0 Å². The van der Waals surface area contributed by atoms with Crippen molar-refractivity contribution in [1.29, 1.82) is 0 Å². The predicted molar refractivity (Wildman–Crippen MR) is 54.5 cm³/mol. The van der Waals surface area contributed by atoms with Crippen LogP contribution in [0.3, 0.4) is 0 Å². The number of ether oxygens (including phenoxy) is 1. The van der Waals surface area contributed by atoms with E-state index in [4.69, 9.17) is 10.5 Å². The van der Waals surface area contributed by atoms with Crippen molar-refractivity contribution in [1.82, 2.24) is 0 Å². The fourth-order valence-electron chi connectivity index (χ4n) is 1.14. The molecule has 72 valence electrons. The molecule has 1 rings (SSSR count). The zero-order valence-electron chi connectivity index (χ0n) is 8.12. The van der Waals surface area contributed by atoms with Gasteiger partial charge < -0.3 is 10.5 Å². The van der Waals surface area contributed by atoms with Crippen molar-refractivity contribution in [2.24, 2.45) is 5.73 Å². The van der Waals surface area contributed by atoms with Crippen molar-refractivity contribution in [3.05, 3.63) is 35.4 Å². The highest BCUT2D eigenvalue weighted by atomic mass is 16.5. The van der Waals surface area contributed by atoms with Crippen LogP contribution in [-0.4, -0.2) is 13.2 Å². The lowest BCUT2D eigenvalue weighted by Crippen LogP contribution is -2.08. The largest absolute Gasteiger partial charge is 0.375 e. The summed E-state index contributed by atoms with van der Waals surface area (Å²) in [6.07, 6.45) is 1.09. The SMILES string of the molecule is CCc1ccc(COCCN)cc1. The summed E-state index contributed by atoms with van der Waals surface area (Å²) in [4.78, 5) is 0. The molecule has 0 bridgehead atoms. The van der Waals surface area contributed by atoms with Crippen LogP contribution in [-0.2, 0) is 17.8 Å². The van der Waals surface area contributed by atoms with E-state index in [1.165, 1.54) is 11.1 Å². The first-order valence-electron chi connectivity index (χ1n) is 4.72.